The molecule has 2 heterocycles. The van der Waals surface area contributed by atoms with Crippen molar-refractivity contribution >= 4 is 28.7 Å². The van der Waals surface area contributed by atoms with Gasteiger partial charge < -0.3 is 14.4 Å². The number of amides is 1. The van der Waals surface area contributed by atoms with Crippen LogP contribution in [-0.2, 0) is 4.74 Å². The number of rotatable bonds is 3. The van der Waals surface area contributed by atoms with E-state index in [9.17, 15) is 4.79 Å². The van der Waals surface area contributed by atoms with E-state index in [-0.39, 0.29) is 18.3 Å². The highest BCUT2D eigenvalue weighted by Crippen LogP contribution is 2.22. The number of nitrogens with zero attached hydrogens (tertiary/aromatic N) is 3. The first-order valence-corrected chi connectivity index (χ1v) is 8.14. The molecule has 0 bridgehead atoms. The van der Waals surface area contributed by atoms with E-state index >= 15 is 0 Å². The molecule has 2 rings (SSSR count). The number of carbonyl (C=O) groups excluding carboxylic acids is 1. The second kappa shape index (κ2) is 7.24. The molecule has 0 unspecified atom stereocenters. The zero-order valence-electron chi connectivity index (χ0n) is 12.5. The van der Waals surface area contributed by atoms with Crippen LogP contribution in [0.25, 0.3) is 0 Å². The van der Waals surface area contributed by atoms with Gasteiger partial charge in [-0.2, -0.15) is 0 Å². The van der Waals surface area contributed by atoms with Gasteiger partial charge in [0.25, 0.3) is 0 Å². The highest BCUT2D eigenvalue weighted by Gasteiger charge is 2.26. The van der Waals surface area contributed by atoms with Gasteiger partial charge in [-0.05, 0) is 43.4 Å². The number of carbonyl (C=O) groups is 1. The summed E-state index contributed by atoms with van der Waals surface area (Å²) in [6.45, 7) is 6.96. The molecule has 1 saturated heterocycles. The van der Waals surface area contributed by atoms with Crippen LogP contribution in [0.5, 0.6) is 5.88 Å². The Morgan fingerprint density at radius 1 is 1.38 bits per heavy atom. The Hall–Kier alpha value is -1.12. The number of ether oxygens (including phenoxy) is 2. The van der Waals surface area contributed by atoms with Crippen molar-refractivity contribution in [3.8, 4) is 5.88 Å². The lowest BCUT2D eigenvalue weighted by Crippen LogP contribution is -2.42. The van der Waals surface area contributed by atoms with Crippen molar-refractivity contribution in [1.82, 2.24) is 14.9 Å². The predicted octanol–water partition coefficient (Wildman–Crippen LogP) is 2.78. The van der Waals surface area contributed by atoms with Crippen LogP contribution < -0.4 is 4.74 Å². The van der Waals surface area contributed by atoms with Gasteiger partial charge in [0, 0.05) is 31.5 Å². The van der Waals surface area contributed by atoms with Gasteiger partial charge in [0.15, 0.2) is 0 Å². The van der Waals surface area contributed by atoms with E-state index in [1.54, 1.807) is 4.90 Å². The highest BCUT2D eigenvalue weighted by atomic mass is 127. The molecule has 6 nitrogen and oxygen atoms in total. The molecule has 7 heteroatoms. The van der Waals surface area contributed by atoms with Gasteiger partial charge in [0.05, 0.1) is 6.10 Å². The van der Waals surface area contributed by atoms with Crippen LogP contribution in [0.4, 0.5) is 4.79 Å². The lowest BCUT2D eigenvalue weighted by Gasteiger charge is -2.31. The predicted molar refractivity (Wildman–Crippen MR) is 86.3 cm³/mol. The van der Waals surface area contributed by atoms with Crippen molar-refractivity contribution in [3.63, 3.8) is 0 Å². The van der Waals surface area contributed by atoms with Gasteiger partial charge in [-0.25, -0.2) is 14.8 Å². The number of aromatic nitrogens is 2. The molecule has 21 heavy (non-hydrogen) atoms. The van der Waals surface area contributed by atoms with Crippen molar-refractivity contribution in [3.05, 3.63) is 15.6 Å². The van der Waals surface area contributed by atoms with Crippen LogP contribution in [0, 0.1) is 10.6 Å². The first-order valence-electron chi connectivity index (χ1n) is 7.06. The van der Waals surface area contributed by atoms with Gasteiger partial charge in [0.1, 0.15) is 16.1 Å². The minimum absolute atomic E-state index is 0.0810. The summed E-state index contributed by atoms with van der Waals surface area (Å²) >= 11 is 2.17. The molecule has 0 atom stereocenters. The standard InChI is InChI=1S/C14H20IN3O3/c1-9(2)20-14(19)18-6-4-11(5-7-18)21-13-10(3)12(15)16-8-17-13/h8-9,11H,4-7H2,1-3H3. The molecular weight excluding hydrogens is 385 g/mol. The van der Waals surface area contributed by atoms with Gasteiger partial charge in [-0.15, -0.1) is 0 Å². The van der Waals surface area contributed by atoms with Gasteiger partial charge in [-0.1, -0.05) is 0 Å². The fraction of sp³-hybridized carbons (Fsp3) is 0.643. The largest absolute Gasteiger partial charge is 0.474 e. The number of halogens is 1. The van der Waals surface area contributed by atoms with Crippen molar-refractivity contribution in [2.75, 3.05) is 13.1 Å². The van der Waals surface area contributed by atoms with E-state index in [0.717, 1.165) is 22.1 Å². The van der Waals surface area contributed by atoms with Crippen LogP contribution in [0.3, 0.4) is 0 Å². The summed E-state index contributed by atoms with van der Waals surface area (Å²) in [5, 5.41) is 0. The van der Waals surface area contributed by atoms with Crippen molar-refractivity contribution in [2.24, 2.45) is 0 Å². The molecule has 1 aliphatic rings. The molecule has 1 fully saturated rings. The lowest BCUT2D eigenvalue weighted by atomic mass is 10.1. The molecule has 0 spiro atoms. The average molecular weight is 405 g/mol. The fourth-order valence-corrected chi connectivity index (χ4v) is 2.48. The first-order chi connectivity index (χ1) is 9.97. The first kappa shape index (κ1) is 16.3. The molecule has 1 amide bonds. The van der Waals surface area contributed by atoms with Crippen LogP contribution >= 0.6 is 22.6 Å². The van der Waals surface area contributed by atoms with Gasteiger partial charge in [0.2, 0.25) is 5.88 Å². The van der Waals surface area contributed by atoms with Crippen LogP contribution in [0.15, 0.2) is 6.33 Å². The summed E-state index contributed by atoms with van der Waals surface area (Å²) in [4.78, 5) is 21.9. The maximum absolute atomic E-state index is 11.8. The van der Waals surface area contributed by atoms with Crippen LogP contribution in [0.1, 0.15) is 32.3 Å². The smallest absolute Gasteiger partial charge is 0.410 e. The third-order valence-corrected chi connectivity index (χ3v) is 4.38. The van der Waals surface area contributed by atoms with Crippen LogP contribution in [-0.4, -0.2) is 46.3 Å². The Kier molecular flexibility index (Phi) is 5.60. The minimum Gasteiger partial charge on any atom is -0.474 e. The van der Waals surface area contributed by atoms with Gasteiger partial charge >= 0.3 is 6.09 Å². The fourth-order valence-electron chi connectivity index (χ4n) is 2.12. The summed E-state index contributed by atoms with van der Waals surface area (Å²) in [5.41, 5.74) is 0.958. The molecule has 0 N–H and O–H groups in total. The SMILES string of the molecule is Cc1c(I)ncnc1OC1CCN(C(=O)OC(C)C)CC1. The maximum Gasteiger partial charge on any atom is 0.410 e. The zero-order valence-corrected chi connectivity index (χ0v) is 14.7. The Labute approximate surface area is 138 Å². The van der Waals surface area contributed by atoms with Crippen molar-refractivity contribution in [1.29, 1.82) is 0 Å². The van der Waals surface area contributed by atoms with Crippen molar-refractivity contribution < 1.29 is 14.3 Å². The number of likely N-dealkylation sites (tertiary alicyclic amines) is 1. The molecule has 0 aliphatic carbocycles. The number of hydrogen-bond donors (Lipinski definition) is 0. The number of hydrogen-bond acceptors (Lipinski definition) is 5. The average Bonchev–Trinajstić information content (AvgIpc) is 2.44. The Bertz CT molecular complexity index is 502. The Morgan fingerprint density at radius 2 is 2.05 bits per heavy atom. The van der Waals surface area contributed by atoms with E-state index in [1.807, 2.05) is 20.8 Å². The van der Waals surface area contributed by atoms with E-state index in [0.29, 0.717) is 19.0 Å². The van der Waals surface area contributed by atoms with E-state index in [2.05, 4.69) is 32.6 Å². The molecule has 1 aromatic rings. The molecule has 1 aromatic heterocycles. The summed E-state index contributed by atoms with van der Waals surface area (Å²) in [7, 11) is 0. The second-order valence-electron chi connectivity index (χ2n) is 5.33. The summed E-state index contributed by atoms with van der Waals surface area (Å²) < 4.78 is 12.0. The van der Waals surface area contributed by atoms with Gasteiger partial charge in [-0.3, -0.25) is 0 Å². The van der Waals surface area contributed by atoms with E-state index in [1.165, 1.54) is 6.33 Å². The summed E-state index contributed by atoms with van der Waals surface area (Å²) in [6, 6.07) is 0. The molecule has 116 valence electrons. The quantitative estimate of drug-likeness (QED) is 0.572. The van der Waals surface area contributed by atoms with Crippen LogP contribution in [0.2, 0.25) is 0 Å². The molecular formula is C14H20IN3O3. The maximum atomic E-state index is 11.8. The third kappa shape index (κ3) is 4.42. The molecule has 0 radical (unpaired) electrons. The lowest BCUT2D eigenvalue weighted by molar-refractivity contribution is 0.0505. The monoisotopic (exact) mass is 405 g/mol. The topological polar surface area (TPSA) is 64.6 Å². The summed E-state index contributed by atoms with van der Waals surface area (Å²) in [6.07, 6.45) is 2.84. The Morgan fingerprint density at radius 3 is 2.67 bits per heavy atom. The Balaban J connectivity index is 1.87. The normalized spacial score (nSPS) is 16.1. The zero-order chi connectivity index (χ0) is 15.4. The molecule has 0 saturated carbocycles. The van der Waals surface area contributed by atoms with E-state index < -0.39 is 0 Å². The number of piperidine rings is 1. The minimum atomic E-state index is -0.240. The van der Waals surface area contributed by atoms with E-state index in [4.69, 9.17) is 9.47 Å². The third-order valence-electron chi connectivity index (χ3n) is 3.29. The second-order valence-corrected chi connectivity index (χ2v) is 6.35. The van der Waals surface area contributed by atoms with Crippen molar-refractivity contribution in [2.45, 2.75) is 45.8 Å². The highest BCUT2D eigenvalue weighted by molar-refractivity contribution is 14.1. The summed E-state index contributed by atoms with van der Waals surface area (Å²) in [5.74, 6) is 0.637. The molecule has 1 aliphatic heterocycles. The molecule has 0 aromatic carbocycles.